The van der Waals surface area contributed by atoms with Crippen LogP contribution in [-0.2, 0) is 9.53 Å². The van der Waals surface area contributed by atoms with E-state index in [9.17, 15) is 4.79 Å². The van der Waals surface area contributed by atoms with Gasteiger partial charge in [-0.2, -0.15) is 0 Å². The highest BCUT2D eigenvalue weighted by molar-refractivity contribution is 5.78. The fourth-order valence-corrected chi connectivity index (χ4v) is 2.21. The minimum Gasteiger partial charge on any atom is -0.384 e. The first-order valence-electron chi connectivity index (χ1n) is 4.83. The first-order valence-corrected chi connectivity index (χ1v) is 4.83. The average molecular weight is 184 g/mol. The highest BCUT2D eigenvalue weighted by Gasteiger charge is 2.43. The topological polar surface area (TPSA) is 41.6 Å². The Labute approximate surface area is 78.2 Å². The zero-order chi connectivity index (χ0) is 9.26. The van der Waals surface area contributed by atoms with Gasteiger partial charge in [0, 0.05) is 32.3 Å². The molecule has 0 radical (unpaired) electrons. The number of nitrogens with zero attached hydrogens (tertiary/aromatic N) is 1. The molecule has 1 N–H and O–H groups in total. The number of methoxy groups -OCH3 is 1. The number of hydrogen-bond acceptors (Lipinski definition) is 3. The van der Waals surface area contributed by atoms with Gasteiger partial charge in [0.1, 0.15) is 0 Å². The number of piperidine rings is 1. The molecule has 3 heterocycles. The standard InChI is InChI=1S/C9H16N2O2/c1-13-3-2-9(12)11-7-4-8(11)6-10-5-7/h7-8,10H,2-6H2,1H3. The lowest BCUT2D eigenvalue weighted by molar-refractivity contribution is -0.148. The molecule has 0 aromatic carbocycles. The first kappa shape index (κ1) is 8.97. The SMILES string of the molecule is COCCC(=O)N1C2CNCC1C2. The number of piperazine rings is 1. The Kier molecular flexibility index (Phi) is 2.51. The minimum absolute atomic E-state index is 0.254. The van der Waals surface area contributed by atoms with Crippen LogP contribution in [0.3, 0.4) is 0 Å². The normalized spacial score (nSPS) is 31.3. The van der Waals surface area contributed by atoms with E-state index in [1.165, 1.54) is 6.42 Å². The quantitative estimate of drug-likeness (QED) is 0.648. The zero-order valence-electron chi connectivity index (χ0n) is 7.95. The van der Waals surface area contributed by atoms with E-state index in [0.29, 0.717) is 25.1 Å². The molecule has 2 bridgehead atoms. The molecule has 4 nitrogen and oxygen atoms in total. The van der Waals surface area contributed by atoms with Gasteiger partial charge < -0.3 is 15.0 Å². The second-order valence-electron chi connectivity index (χ2n) is 3.75. The van der Waals surface area contributed by atoms with Crippen molar-refractivity contribution in [3.8, 4) is 0 Å². The zero-order valence-corrected chi connectivity index (χ0v) is 7.95. The summed E-state index contributed by atoms with van der Waals surface area (Å²) in [6, 6.07) is 0.922. The van der Waals surface area contributed by atoms with Crippen molar-refractivity contribution in [2.75, 3.05) is 26.8 Å². The van der Waals surface area contributed by atoms with Crippen molar-refractivity contribution in [1.29, 1.82) is 0 Å². The third-order valence-electron chi connectivity index (χ3n) is 2.90. The van der Waals surface area contributed by atoms with Gasteiger partial charge >= 0.3 is 0 Å². The van der Waals surface area contributed by atoms with Crippen LogP contribution in [0.5, 0.6) is 0 Å². The molecule has 2 atom stereocenters. The molecule has 3 aliphatic rings. The Morgan fingerprint density at radius 1 is 1.54 bits per heavy atom. The van der Waals surface area contributed by atoms with E-state index >= 15 is 0 Å². The number of hydrogen-bond donors (Lipinski definition) is 1. The van der Waals surface area contributed by atoms with Gasteiger partial charge in [-0.3, -0.25) is 4.79 Å². The number of carbonyl (C=O) groups is 1. The maximum absolute atomic E-state index is 11.6. The van der Waals surface area contributed by atoms with Crippen LogP contribution in [0.1, 0.15) is 12.8 Å². The largest absolute Gasteiger partial charge is 0.384 e. The van der Waals surface area contributed by atoms with Crippen molar-refractivity contribution in [1.82, 2.24) is 10.2 Å². The monoisotopic (exact) mass is 184 g/mol. The van der Waals surface area contributed by atoms with Gasteiger partial charge in [0.05, 0.1) is 13.0 Å². The molecule has 74 valence electrons. The lowest BCUT2D eigenvalue weighted by Crippen LogP contribution is -2.69. The summed E-state index contributed by atoms with van der Waals surface area (Å²) in [5, 5.41) is 3.30. The Morgan fingerprint density at radius 3 is 2.77 bits per heavy atom. The highest BCUT2D eigenvalue weighted by Crippen LogP contribution is 2.28. The number of amides is 1. The van der Waals surface area contributed by atoms with E-state index in [0.717, 1.165) is 13.1 Å². The fraction of sp³-hybridized carbons (Fsp3) is 0.889. The molecule has 4 heteroatoms. The van der Waals surface area contributed by atoms with Crippen LogP contribution in [0, 0.1) is 0 Å². The molecule has 0 aromatic rings. The van der Waals surface area contributed by atoms with Gasteiger partial charge in [0.2, 0.25) is 5.91 Å². The predicted molar refractivity (Wildman–Crippen MR) is 48.4 cm³/mol. The molecule has 3 rings (SSSR count). The van der Waals surface area contributed by atoms with Gasteiger partial charge in [0.25, 0.3) is 0 Å². The second kappa shape index (κ2) is 3.64. The molecule has 13 heavy (non-hydrogen) atoms. The van der Waals surface area contributed by atoms with E-state index in [-0.39, 0.29) is 5.91 Å². The molecule has 3 fully saturated rings. The van der Waals surface area contributed by atoms with Crippen molar-refractivity contribution in [3.63, 3.8) is 0 Å². The summed E-state index contributed by atoms with van der Waals surface area (Å²) < 4.78 is 4.89. The van der Waals surface area contributed by atoms with Crippen molar-refractivity contribution in [2.24, 2.45) is 0 Å². The van der Waals surface area contributed by atoms with Crippen LogP contribution in [0.4, 0.5) is 0 Å². The smallest absolute Gasteiger partial charge is 0.225 e. The minimum atomic E-state index is 0.254. The molecule has 1 amide bonds. The maximum Gasteiger partial charge on any atom is 0.225 e. The summed E-state index contributed by atoms with van der Waals surface area (Å²) >= 11 is 0. The number of fused-ring (bicyclic) bond motifs is 2. The Bertz CT molecular complexity index is 194. The van der Waals surface area contributed by atoms with E-state index in [1.807, 2.05) is 4.90 Å². The van der Waals surface area contributed by atoms with E-state index < -0.39 is 0 Å². The summed E-state index contributed by atoms with van der Waals surface area (Å²) in [7, 11) is 1.63. The van der Waals surface area contributed by atoms with E-state index in [2.05, 4.69) is 5.32 Å². The summed E-state index contributed by atoms with van der Waals surface area (Å²) in [6.45, 7) is 2.48. The maximum atomic E-state index is 11.6. The Morgan fingerprint density at radius 2 is 2.23 bits per heavy atom. The molecular formula is C9H16N2O2. The third-order valence-corrected chi connectivity index (χ3v) is 2.90. The molecule has 0 aliphatic carbocycles. The van der Waals surface area contributed by atoms with Crippen LogP contribution in [0.25, 0.3) is 0 Å². The molecule has 3 aliphatic heterocycles. The lowest BCUT2D eigenvalue weighted by Gasteiger charge is -2.53. The van der Waals surface area contributed by atoms with Gasteiger partial charge in [-0.05, 0) is 6.42 Å². The molecule has 0 aromatic heterocycles. The van der Waals surface area contributed by atoms with Gasteiger partial charge in [0.15, 0.2) is 0 Å². The van der Waals surface area contributed by atoms with E-state index in [1.54, 1.807) is 7.11 Å². The Balaban J connectivity index is 1.83. The molecule has 0 saturated carbocycles. The molecule has 3 saturated heterocycles. The first-order chi connectivity index (χ1) is 6.33. The number of ether oxygens (including phenoxy) is 1. The van der Waals surface area contributed by atoms with Gasteiger partial charge in [-0.1, -0.05) is 0 Å². The highest BCUT2D eigenvalue weighted by atomic mass is 16.5. The van der Waals surface area contributed by atoms with Crippen LogP contribution in [-0.4, -0.2) is 49.7 Å². The number of rotatable bonds is 3. The summed E-state index contributed by atoms with van der Waals surface area (Å²) in [6.07, 6.45) is 1.72. The summed E-state index contributed by atoms with van der Waals surface area (Å²) in [5.74, 6) is 0.254. The lowest BCUT2D eigenvalue weighted by atomic mass is 9.88. The fourth-order valence-electron chi connectivity index (χ4n) is 2.21. The summed E-state index contributed by atoms with van der Waals surface area (Å²) in [4.78, 5) is 13.6. The van der Waals surface area contributed by atoms with Crippen LogP contribution in [0.15, 0.2) is 0 Å². The molecular weight excluding hydrogens is 168 g/mol. The van der Waals surface area contributed by atoms with E-state index in [4.69, 9.17) is 4.74 Å². The van der Waals surface area contributed by atoms with Crippen LogP contribution < -0.4 is 5.32 Å². The van der Waals surface area contributed by atoms with Crippen LogP contribution in [0.2, 0.25) is 0 Å². The van der Waals surface area contributed by atoms with Gasteiger partial charge in [-0.15, -0.1) is 0 Å². The molecule has 0 spiro atoms. The van der Waals surface area contributed by atoms with Gasteiger partial charge in [-0.25, -0.2) is 0 Å². The second-order valence-corrected chi connectivity index (χ2v) is 3.75. The number of nitrogens with one attached hydrogen (secondary N) is 1. The Hall–Kier alpha value is -0.610. The van der Waals surface area contributed by atoms with Crippen molar-refractivity contribution in [3.05, 3.63) is 0 Å². The number of carbonyl (C=O) groups excluding carboxylic acids is 1. The molecule has 2 unspecified atom stereocenters. The predicted octanol–water partition coefficient (Wildman–Crippen LogP) is -0.404. The van der Waals surface area contributed by atoms with Crippen molar-refractivity contribution < 1.29 is 9.53 Å². The third kappa shape index (κ3) is 1.56. The summed E-state index contributed by atoms with van der Waals surface area (Å²) in [5.41, 5.74) is 0. The van der Waals surface area contributed by atoms with Crippen LogP contribution >= 0.6 is 0 Å². The van der Waals surface area contributed by atoms with Crippen molar-refractivity contribution >= 4 is 5.91 Å². The average Bonchev–Trinajstić information content (AvgIpc) is 2.16. The van der Waals surface area contributed by atoms with Crippen molar-refractivity contribution in [2.45, 2.75) is 24.9 Å².